The summed E-state index contributed by atoms with van der Waals surface area (Å²) < 4.78 is 5.48. The summed E-state index contributed by atoms with van der Waals surface area (Å²) in [4.78, 5) is 22.8. The van der Waals surface area contributed by atoms with Crippen LogP contribution >= 0.6 is 12.2 Å². The number of rotatable bonds is 11. The molecule has 0 aliphatic carbocycles. The van der Waals surface area contributed by atoms with Crippen molar-refractivity contribution in [1.29, 1.82) is 0 Å². The van der Waals surface area contributed by atoms with Gasteiger partial charge in [-0.05, 0) is 68.8 Å². The number of morpholine rings is 1. The topological polar surface area (TPSA) is 63.8 Å². The Balaban J connectivity index is 1.68. The Morgan fingerprint density at radius 2 is 1.94 bits per heavy atom. The Labute approximate surface area is 203 Å². The molecule has 1 fully saturated rings. The summed E-state index contributed by atoms with van der Waals surface area (Å²) in [5.41, 5.74) is 2.73. The molecule has 182 valence electrons. The van der Waals surface area contributed by atoms with Gasteiger partial charge < -0.3 is 24.8 Å². The predicted molar refractivity (Wildman–Crippen MR) is 140 cm³/mol. The number of thiocarbonyl (C=S) groups is 1. The fourth-order valence-electron chi connectivity index (χ4n) is 4.18. The zero-order chi connectivity index (χ0) is 23.6. The van der Waals surface area contributed by atoms with E-state index in [1.54, 1.807) is 0 Å². The van der Waals surface area contributed by atoms with Crippen LogP contribution in [0.5, 0.6) is 0 Å². The van der Waals surface area contributed by atoms with Crippen molar-refractivity contribution in [2.24, 2.45) is 0 Å². The minimum Gasteiger partial charge on any atom is -0.379 e. The number of H-pyrrole nitrogens is 1. The molecule has 8 heteroatoms. The van der Waals surface area contributed by atoms with E-state index in [0.717, 1.165) is 88.5 Å². The van der Waals surface area contributed by atoms with E-state index in [1.807, 2.05) is 18.2 Å². The molecular weight excluding hydrogens is 434 g/mol. The summed E-state index contributed by atoms with van der Waals surface area (Å²) >= 11 is 5.78. The highest BCUT2D eigenvalue weighted by atomic mass is 32.1. The maximum Gasteiger partial charge on any atom is 0.253 e. The number of benzene rings is 1. The summed E-state index contributed by atoms with van der Waals surface area (Å²) in [6, 6.07) is 8.10. The number of pyridine rings is 1. The molecule has 2 aromatic rings. The molecule has 33 heavy (non-hydrogen) atoms. The van der Waals surface area contributed by atoms with Crippen molar-refractivity contribution in [3.8, 4) is 0 Å². The summed E-state index contributed by atoms with van der Waals surface area (Å²) in [5, 5.41) is 5.20. The van der Waals surface area contributed by atoms with Gasteiger partial charge in [-0.3, -0.25) is 9.69 Å². The first-order chi connectivity index (χ1) is 16.0. The lowest BCUT2D eigenvalue weighted by molar-refractivity contribution is 0.0357. The van der Waals surface area contributed by atoms with Gasteiger partial charge in [0.1, 0.15) is 0 Å². The second kappa shape index (κ2) is 13.0. The van der Waals surface area contributed by atoms with E-state index >= 15 is 0 Å². The van der Waals surface area contributed by atoms with Gasteiger partial charge in [0.15, 0.2) is 5.11 Å². The number of ether oxygens (including phenoxy) is 1. The Morgan fingerprint density at radius 1 is 1.18 bits per heavy atom. The van der Waals surface area contributed by atoms with Gasteiger partial charge >= 0.3 is 0 Å². The Morgan fingerprint density at radius 3 is 2.67 bits per heavy atom. The number of aromatic nitrogens is 1. The summed E-state index contributed by atoms with van der Waals surface area (Å²) in [5.74, 6) is 0. The molecule has 1 aliphatic rings. The first-order valence-corrected chi connectivity index (χ1v) is 12.6. The molecule has 0 radical (unpaired) electrons. The summed E-state index contributed by atoms with van der Waals surface area (Å²) in [6.45, 7) is 16.1. The van der Waals surface area contributed by atoms with E-state index < -0.39 is 0 Å². The van der Waals surface area contributed by atoms with Crippen molar-refractivity contribution in [3.63, 3.8) is 0 Å². The third-order valence-corrected chi connectivity index (χ3v) is 6.74. The maximum atomic E-state index is 12.8. The normalized spacial score (nSPS) is 14.7. The molecule has 1 saturated heterocycles. The lowest BCUT2D eigenvalue weighted by Crippen LogP contribution is -2.46. The smallest absolute Gasteiger partial charge is 0.253 e. The second-order valence-corrected chi connectivity index (χ2v) is 9.09. The molecule has 0 bridgehead atoms. The number of hydrogen-bond donors (Lipinski definition) is 2. The quantitative estimate of drug-likeness (QED) is 0.384. The number of fused-ring (bicyclic) bond motifs is 1. The Bertz CT molecular complexity index is 953. The molecule has 2 heterocycles. The van der Waals surface area contributed by atoms with Gasteiger partial charge in [0.25, 0.3) is 5.56 Å². The molecule has 0 amide bonds. The lowest BCUT2D eigenvalue weighted by atomic mass is 10.1. The number of hydrogen-bond acceptors (Lipinski definition) is 5. The fourth-order valence-corrected chi connectivity index (χ4v) is 4.44. The first kappa shape index (κ1) is 25.6. The standard InChI is InChI=1S/C25H39N5O2S/c1-4-28(5-2)10-6-9-26-25(33)30(12-11-29-13-15-32-16-14-29)19-22-18-21-17-20(3)7-8-23(21)27-24(22)31/h7-8,17-18H,4-6,9-16,19H2,1-3H3,(H,26,33)(H,27,31). The lowest BCUT2D eigenvalue weighted by Gasteiger charge is -2.31. The molecule has 0 saturated carbocycles. The van der Waals surface area contributed by atoms with Crippen LogP contribution in [0.2, 0.25) is 0 Å². The van der Waals surface area contributed by atoms with Crippen LogP contribution in [-0.4, -0.2) is 90.4 Å². The molecule has 0 spiro atoms. The minimum absolute atomic E-state index is 0.0490. The van der Waals surface area contributed by atoms with Crippen LogP contribution in [0.4, 0.5) is 0 Å². The largest absolute Gasteiger partial charge is 0.379 e. The van der Waals surface area contributed by atoms with Crippen LogP contribution in [0.25, 0.3) is 10.9 Å². The third kappa shape index (κ3) is 7.78. The average Bonchev–Trinajstić information content (AvgIpc) is 2.82. The molecule has 1 aromatic heterocycles. The van der Waals surface area contributed by atoms with Crippen molar-refractivity contribution in [2.45, 2.75) is 33.7 Å². The molecule has 1 aromatic carbocycles. The number of aryl methyl sites for hydroxylation is 1. The van der Waals surface area contributed by atoms with Crippen LogP contribution < -0.4 is 10.9 Å². The Kier molecular flexibility index (Phi) is 10.1. The predicted octanol–water partition coefficient (Wildman–Crippen LogP) is 2.58. The van der Waals surface area contributed by atoms with Gasteiger partial charge in [-0.1, -0.05) is 25.5 Å². The summed E-state index contributed by atoms with van der Waals surface area (Å²) in [7, 11) is 0. The van der Waals surface area contributed by atoms with Crippen LogP contribution in [0, 0.1) is 6.92 Å². The zero-order valence-electron chi connectivity index (χ0n) is 20.4. The van der Waals surface area contributed by atoms with Crippen molar-refractivity contribution >= 4 is 28.2 Å². The van der Waals surface area contributed by atoms with Gasteiger partial charge in [0.2, 0.25) is 0 Å². The first-order valence-electron chi connectivity index (χ1n) is 12.2. The Hall–Kier alpha value is -2.00. The molecule has 0 unspecified atom stereocenters. The average molecular weight is 474 g/mol. The highest BCUT2D eigenvalue weighted by molar-refractivity contribution is 7.80. The molecule has 2 N–H and O–H groups in total. The van der Waals surface area contributed by atoms with Crippen LogP contribution in [0.3, 0.4) is 0 Å². The van der Waals surface area contributed by atoms with E-state index in [2.05, 4.69) is 51.8 Å². The second-order valence-electron chi connectivity index (χ2n) is 8.70. The van der Waals surface area contributed by atoms with Crippen molar-refractivity contribution in [1.82, 2.24) is 25.0 Å². The van der Waals surface area contributed by atoms with E-state index in [-0.39, 0.29) is 5.56 Å². The van der Waals surface area contributed by atoms with Crippen molar-refractivity contribution in [2.75, 3.05) is 65.6 Å². The van der Waals surface area contributed by atoms with Crippen LogP contribution in [-0.2, 0) is 11.3 Å². The number of nitrogens with one attached hydrogen (secondary N) is 2. The van der Waals surface area contributed by atoms with Gasteiger partial charge in [0, 0.05) is 43.8 Å². The molecule has 1 aliphatic heterocycles. The third-order valence-electron chi connectivity index (χ3n) is 6.34. The van der Waals surface area contributed by atoms with Gasteiger partial charge in [-0.25, -0.2) is 0 Å². The molecule has 7 nitrogen and oxygen atoms in total. The van der Waals surface area contributed by atoms with Gasteiger partial charge in [-0.2, -0.15) is 0 Å². The highest BCUT2D eigenvalue weighted by Gasteiger charge is 2.16. The fraction of sp³-hybridized carbons (Fsp3) is 0.600. The van der Waals surface area contributed by atoms with Crippen LogP contribution in [0.15, 0.2) is 29.1 Å². The number of nitrogens with zero attached hydrogens (tertiary/aromatic N) is 3. The van der Waals surface area contributed by atoms with Gasteiger partial charge in [-0.15, -0.1) is 0 Å². The van der Waals surface area contributed by atoms with E-state index in [0.29, 0.717) is 11.7 Å². The number of aromatic amines is 1. The zero-order valence-corrected chi connectivity index (χ0v) is 21.2. The minimum atomic E-state index is -0.0490. The van der Waals surface area contributed by atoms with E-state index in [9.17, 15) is 4.79 Å². The summed E-state index contributed by atoms with van der Waals surface area (Å²) in [6.07, 6.45) is 1.04. The van der Waals surface area contributed by atoms with Gasteiger partial charge in [0.05, 0.1) is 19.8 Å². The molecule has 3 rings (SSSR count). The molecule has 0 atom stereocenters. The van der Waals surface area contributed by atoms with Crippen LogP contribution in [0.1, 0.15) is 31.4 Å². The monoisotopic (exact) mass is 473 g/mol. The van der Waals surface area contributed by atoms with E-state index in [1.165, 1.54) is 5.56 Å². The van der Waals surface area contributed by atoms with E-state index in [4.69, 9.17) is 17.0 Å². The molecular formula is C25H39N5O2S. The maximum absolute atomic E-state index is 12.8. The SMILES string of the molecule is CCN(CC)CCCNC(=S)N(CCN1CCOCC1)Cc1cc2cc(C)ccc2[nH]c1=O. The van der Waals surface area contributed by atoms with Crippen molar-refractivity contribution in [3.05, 3.63) is 45.7 Å². The van der Waals surface area contributed by atoms with Crippen molar-refractivity contribution < 1.29 is 4.74 Å². The highest BCUT2D eigenvalue weighted by Crippen LogP contribution is 2.14.